The number of anilines is 3. The van der Waals surface area contributed by atoms with Crippen LogP contribution in [0.1, 0.15) is 44.5 Å². The normalized spacial score (nSPS) is 13.9. The minimum Gasteiger partial charge on any atom is -0.457 e. The van der Waals surface area contributed by atoms with E-state index in [1.54, 1.807) is 0 Å². The summed E-state index contributed by atoms with van der Waals surface area (Å²) in [6.45, 7) is 0. The molecule has 4 aliphatic rings. The monoisotopic (exact) mass is 981 g/mol. The van der Waals surface area contributed by atoms with E-state index in [-0.39, 0.29) is 0 Å². The summed E-state index contributed by atoms with van der Waals surface area (Å²) >= 11 is 0. The quantitative estimate of drug-likeness (QED) is 0.166. The molecule has 0 bridgehead atoms. The summed E-state index contributed by atoms with van der Waals surface area (Å²) in [5.41, 5.74) is 23.6. The van der Waals surface area contributed by atoms with Crippen molar-refractivity contribution in [3.05, 3.63) is 330 Å². The van der Waals surface area contributed by atoms with Gasteiger partial charge in [-0.25, -0.2) is 0 Å². The average Bonchev–Trinajstić information content (AvgIpc) is 4.18. The summed E-state index contributed by atoms with van der Waals surface area (Å²) in [4.78, 5) is 2.47. The van der Waals surface area contributed by atoms with Crippen LogP contribution in [0, 0.1) is 0 Å². The second-order valence-corrected chi connectivity index (χ2v) is 20.6. The molecule has 360 valence electrons. The molecule has 0 atom stereocenters. The van der Waals surface area contributed by atoms with Crippen LogP contribution >= 0.6 is 0 Å². The molecule has 2 aliphatic heterocycles. The van der Waals surface area contributed by atoms with E-state index in [4.69, 9.17) is 9.47 Å². The van der Waals surface area contributed by atoms with Crippen LogP contribution in [-0.2, 0) is 10.8 Å². The number of hydrogen-bond donors (Lipinski definition) is 0. The number of nitrogens with zero attached hydrogens (tertiary/aromatic N) is 1. The lowest BCUT2D eigenvalue weighted by atomic mass is 9.66. The van der Waals surface area contributed by atoms with Gasteiger partial charge >= 0.3 is 0 Å². The van der Waals surface area contributed by atoms with Gasteiger partial charge in [0.15, 0.2) is 0 Å². The smallest absolute Gasteiger partial charge is 0.132 e. The van der Waals surface area contributed by atoms with E-state index in [2.05, 4.69) is 290 Å². The third-order valence-electron chi connectivity index (χ3n) is 16.8. The SMILES string of the molecule is c1ccc(-c2cccc(N(c3cccc(-c4ccc5c(c4)-c4ccccc4C54c5ccccc5Oc5ccccc54)c3)c3ccccc3-c3cccc4c3-c3ccccc3C43c4ccccc4Oc4ccccc43)c2)cc1. The maximum absolute atomic E-state index is 6.72. The summed E-state index contributed by atoms with van der Waals surface area (Å²) in [5.74, 6) is 3.56. The topological polar surface area (TPSA) is 21.7 Å². The lowest BCUT2D eigenvalue weighted by molar-refractivity contribution is 0.436. The van der Waals surface area contributed by atoms with E-state index in [1.165, 1.54) is 55.6 Å². The van der Waals surface area contributed by atoms with E-state index in [0.717, 1.165) is 84.6 Å². The fourth-order valence-corrected chi connectivity index (χ4v) is 13.8. The van der Waals surface area contributed by atoms with Gasteiger partial charge in [-0.2, -0.15) is 0 Å². The minimum absolute atomic E-state index is 0.530. The van der Waals surface area contributed by atoms with Gasteiger partial charge < -0.3 is 14.4 Å². The summed E-state index contributed by atoms with van der Waals surface area (Å²) in [7, 11) is 0. The van der Waals surface area contributed by atoms with Crippen molar-refractivity contribution in [2.75, 3.05) is 4.90 Å². The van der Waals surface area contributed by atoms with E-state index >= 15 is 0 Å². The van der Waals surface area contributed by atoms with Crippen LogP contribution in [0.5, 0.6) is 23.0 Å². The Hall–Kier alpha value is -9.96. The molecular weight excluding hydrogens is 935 g/mol. The fourth-order valence-electron chi connectivity index (χ4n) is 13.8. The molecule has 0 N–H and O–H groups in total. The first-order valence-corrected chi connectivity index (χ1v) is 26.6. The van der Waals surface area contributed by atoms with E-state index in [1.807, 2.05) is 0 Å². The molecule has 3 heteroatoms. The zero-order valence-electron chi connectivity index (χ0n) is 41.9. The molecule has 0 radical (unpaired) electrons. The molecule has 0 aromatic heterocycles. The van der Waals surface area contributed by atoms with Crippen molar-refractivity contribution in [3.63, 3.8) is 0 Å². The molecule has 16 rings (SSSR count). The Balaban J connectivity index is 0.896. The molecule has 0 saturated carbocycles. The standard InChI is InChI=1S/C74H47NO2/c1-2-21-48(22-3-1)49-23-18-25-52(45-49)75(53-26-19-24-50(46-53)51-43-44-61-58(47-51)54-27-4-7-31-59(54)73(61)62-33-9-14-39-68(62)76-69-40-15-10-34-63(69)73)67-38-13-6-28-55(67)56-30-20-37-66-72(56)57-29-5-8-32-60(57)74(66)64-35-11-16-41-70(64)77-71-42-17-12-36-65(71)74/h1-47H. The zero-order chi connectivity index (χ0) is 50.7. The van der Waals surface area contributed by atoms with Gasteiger partial charge in [-0.15, -0.1) is 0 Å². The van der Waals surface area contributed by atoms with Crippen LogP contribution in [0.15, 0.2) is 285 Å². The molecule has 2 spiro atoms. The van der Waals surface area contributed by atoms with Gasteiger partial charge in [0.2, 0.25) is 0 Å². The average molecular weight is 982 g/mol. The van der Waals surface area contributed by atoms with Crippen molar-refractivity contribution < 1.29 is 9.47 Å². The molecule has 0 amide bonds. The van der Waals surface area contributed by atoms with Crippen molar-refractivity contribution in [1.29, 1.82) is 0 Å². The first-order valence-electron chi connectivity index (χ1n) is 26.6. The van der Waals surface area contributed by atoms with Crippen molar-refractivity contribution in [2.24, 2.45) is 0 Å². The summed E-state index contributed by atoms with van der Waals surface area (Å²) in [5, 5.41) is 0. The van der Waals surface area contributed by atoms with Gasteiger partial charge in [-0.3, -0.25) is 0 Å². The maximum atomic E-state index is 6.72. The first-order chi connectivity index (χ1) is 38.2. The molecule has 2 aliphatic carbocycles. The fraction of sp³-hybridized carbons (Fsp3) is 0.0270. The molecule has 12 aromatic rings. The summed E-state index contributed by atoms with van der Waals surface area (Å²) < 4.78 is 13.4. The van der Waals surface area contributed by atoms with Gasteiger partial charge in [-0.1, -0.05) is 224 Å². The Morgan fingerprint density at radius 3 is 1.22 bits per heavy atom. The minimum atomic E-state index is -0.589. The molecule has 2 heterocycles. The Kier molecular flexibility index (Phi) is 9.47. The van der Waals surface area contributed by atoms with E-state index in [0.29, 0.717) is 0 Å². The van der Waals surface area contributed by atoms with Crippen molar-refractivity contribution in [2.45, 2.75) is 10.8 Å². The number of rotatable bonds is 6. The second kappa shape index (κ2) is 16.8. The Morgan fingerprint density at radius 2 is 0.623 bits per heavy atom. The lowest BCUT2D eigenvalue weighted by Crippen LogP contribution is -2.32. The van der Waals surface area contributed by atoms with Crippen LogP contribution in [0.4, 0.5) is 17.1 Å². The number of ether oxygens (including phenoxy) is 2. The predicted octanol–water partition coefficient (Wildman–Crippen LogP) is 19.1. The van der Waals surface area contributed by atoms with Crippen LogP contribution in [0.3, 0.4) is 0 Å². The summed E-state index contributed by atoms with van der Waals surface area (Å²) in [6.07, 6.45) is 0. The molecule has 0 fully saturated rings. The highest BCUT2D eigenvalue weighted by Crippen LogP contribution is 2.65. The molecule has 12 aromatic carbocycles. The molecule has 3 nitrogen and oxygen atoms in total. The summed E-state index contributed by atoms with van der Waals surface area (Å²) in [6, 6.07) is 104. The number of fused-ring (bicyclic) bond motifs is 18. The highest BCUT2D eigenvalue weighted by Gasteiger charge is 2.53. The largest absolute Gasteiger partial charge is 0.457 e. The van der Waals surface area contributed by atoms with Gasteiger partial charge in [0.05, 0.1) is 16.5 Å². The third-order valence-corrected chi connectivity index (χ3v) is 16.8. The van der Waals surface area contributed by atoms with Crippen LogP contribution < -0.4 is 14.4 Å². The Morgan fingerprint density at radius 1 is 0.234 bits per heavy atom. The number of hydrogen-bond acceptors (Lipinski definition) is 3. The molecule has 0 saturated heterocycles. The Bertz CT molecular complexity index is 4290. The van der Waals surface area contributed by atoms with E-state index in [9.17, 15) is 0 Å². The van der Waals surface area contributed by atoms with Gasteiger partial charge in [0.1, 0.15) is 23.0 Å². The van der Waals surface area contributed by atoms with Crippen LogP contribution in [0.25, 0.3) is 55.6 Å². The van der Waals surface area contributed by atoms with Gasteiger partial charge in [0.25, 0.3) is 0 Å². The van der Waals surface area contributed by atoms with Gasteiger partial charge in [0, 0.05) is 39.2 Å². The Labute approximate surface area is 448 Å². The second-order valence-electron chi connectivity index (χ2n) is 20.6. The first kappa shape index (κ1) is 43.4. The third kappa shape index (κ3) is 6.14. The predicted molar refractivity (Wildman–Crippen MR) is 312 cm³/mol. The number of para-hydroxylation sites is 5. The van der Waals surface area contributed by atoms with Crippen LogP contribution in [-0.4, -0.2) is 0 Å². The lowest BCUT2D eigenvalue weighted by Gasteiger charge is -2.39. The molecule has 0 unspecified atom stereocenters. The zero-order valence-corrected chi connectivity index (χ0v) is 41.9. The van der Waals surface area contributed by atoms with Crippen LogP contribution in [0.2, 0.25) is 0 Å². The van der Waals surface area contributed by atoms with Gasteiger partial charge in [-0.05, 0) is 133 Å². The molecular formula is C74H47NO2. The van der Waals surface area contributed by atoms with Crippen molar-refractivity contribution >= 4 is 17.1 Å². The molecule has 77 heavy (non-hydrogen) atoms. The highest BCUT2D eigenvalue weighted by atomic mass is 16.5. The van der Waals surface area contributed by atoms with E-state index < -0.39 is 10.8 Å². The maximum Gasteiger partial charge on any atom is 0.132 e. The number of benzene rings is 12. The van der Waals surface area contributed by atoms with Crippen molar-refractivity contribution in [3.8, 4) is 78.6 Å². The highest BCUT2D eigenvalue weighted by molar-refractivity contribution is 6.01. The van der Waals surface area contributed by atoms with Crippen molar-refractivity contribution in [1.82, 2.24) is 0 Å².